The largest absolute Gasteiger partial charge is 0.494 e. The fourth-order valence-corrected chi connectivity index (χ4v) is 12.1. The molecule has 18 heteroatoms. The van der Waals surface area contributed by atoms with Crippen molar-refractivity contribution in [3.05, 3.63) is 152 Å². The summed E-state index contributed by atoms with van der Waals surface area (Å²) in [7, 11) is 3.49. The molecule has 0 radical (unpaired) electrons. The number of carbonyl (C=O) groups excluding carboxylic acids is 2. The van der Waals surface area contributed by atoms with Gasteiger partial charge in [0.15, 0.2) is 5.88 Å². The molecule has 0 bridgehead atoms. The van der Waals surface area contributed by atoms with Crippen molar-refractivity contribution in [2.24, 2.45) is 12.5 Å². The number of H-pyrrole nitrogens is 1. The summed E-state index contributed by atoms with van der Waals surface area (Å²) in [5.74, 6) is 1.03. The Hall–Kier alpha value is -7.18. The number of benzene rings is 4. The maximum Gasteiger partial charge on any atom is 0.416 e. The molecule has 15 nitrogen and oxygen atoms in total. The van der Waals surface area contributed by atoms with Crippen LogP contribution in [0, 0.1) is 5.41 Å². The van der Waals surface area contributed by atoms with Gasteiger partial charge in [-0.15, -0.1) is 10.2 Å². The van der Waals surface area contributed by atoms with Crippen LogP contribution in [0.5, 0.6) is 11.6 Å². The lowest BCUT2D eigenvalue weighted by molar-refractivity contribution is -0.138. The lowest BCUT2D eigenvalue weighted by Crippen LogP contribution is -2.58. The number of hydrogen-bond acceptors (Lipinski definition) is 11. The predicted molar refractivity (Wildman–Crippen MR) is 270 cm³/mol. The third kappa shape index (κ3) is 8.64. The van der Waals surface area contributed by atoms with Crippen molar-refractivity contribution in [2.45, 2.75) is 88.4 Å². The minimum absolute atomic E-state index is 0.00798. The average Bonchev–Trinajstić information content (AvgIpc) is 4.07. The number of aryl methyl sites for hydroxylation is 1. The number of ether oxygens (including phenoxy) is 4. The number of fused-ring (bicyclic) bond motifs is 2. The van der Waals surface area contributed by atoms with Gasteiger partial charge in [0.1, 0.15) is 30.2 Å². The Morgan fingerprint density at radius 3 is 2.19 bits per heavy atom. The van der Waals surface area contributed by atoms with Crippen LogP contribution in [0.25, 0.3) is 0 Å². The number of aromatic amines is 1. The van der Waals surface area contributed by atoms with Crippen LogP contribution in [0.4, 0.5) is 35.9 Å². The molecule has 12 rings (SSSR count). The van der Waals surface area contributed by atoms with Gasteiger partial charge in [-0.05, 0) is 97.7 Å². The number of nitrogens with zero attached hydrogens (tertiary/aromatic N) is 7. The molecule has 1 aliphatic carbocycles. The fourth-order valence-electron chi connectivity index (χ4n) is 12.1. The lowest BCUT2D eigenvalue weighted by atomic mass is 9.67. The Bertz CT molecular complexity index is 3190. The molecule has 2 aromatic heterocycles. The first-order valence-corrected chi connectivity index (χ1v) is 25.4. The molecule has 4 fully saturated rings. The van der Waals surface area contributed by atoms with Crippen LogP contribution >= 0.6 is 0 Å². The summed E-state index contributed by atoms with van der Waals surface area (Å²) in [6.45, 7) is 3.97. The van der Waals surface area contributed by atoms with E-state index in [1.165, 1.54) is 15.9 Å². The number of nitrogens with one attached hydrogen (secondary N) is 1. The first-order valence-electron chi connectivity index (χ1n) is 25.4. The summed E-state index contributed by atoms with van der Waals surface area (Å²) in [6.07, 6.45) is 2.97. The molecule has 7 heterocycles. The highest BCUT2D eigenvalue weighted by molar-refractivity contribution is 6.12. The number of methoxy groups -OCH3 is 1. The summed E-state index contributed by atoms with van der Waals surface area (Å²) >= 11 is 0. The van der Waals surface area contributed by atoms with Gasteiger partial charge in [0.2, 0.25) is 0 Å². The maximum absolute atomic E-state index is 14.9. The van der Waals surface area contributed by atoms with Gasteiger partial charge in [-0.3, -0.25) is 24.3 Å². The monoisotopic (exact) mass is 1010 g/mol. The molecule has 2 amide bonds. The quantitative estimate of drug-likeness (QED) is 0.119. The van der Waals surface area contributed by atoms with Gasteiger partial charge in [-0.2, -0.15) is 13.2 Å². The van der Waals surface area contributed by atoms with Crippen molar-refractivity contribution < 1.29 is 41.7 Å². The van der Waals surface area contributed by atoms with Crippen molar-refractivity contribution in [2.75, 3.05) is 66.1 Å². The SMILES string of the molecule is COc1c(N2CCC(OC3CCC4(CC3)CN(c3cc5c(c(C(F)(F)F)c3)CN(c3cccc(C6(Cc7nncn7C)COC6)c3)C5=O)C4)CC2)ccc2c1CN(c1ccc(OCc3ccccc3)[nH]c1=O)C2=O. The fraction of sp³-hybridized carbons (Fsp3) is 0.411. The Balaban J connectivity index is 0.648. The minimum Gasteiger partial charge on any atom is -0.494 e. The van der Waals surface area contributed by atoms with Gasteiger partial charge in [0, 0.05) is 84.6 Å². The van der Waals surface area contributed by atoms with E-state index < -0.39 is 23.2 Å². The number of rotatable bonds is 13. The van der Waals surface area contributed by atoms with Crippen LogP contribution in [0.1, 0.15) is 92.9 Å². The van der Waals surface area contributed by atoms with Crippen molar-refractivity contribution in [1.29, 1.82) is 0 Å². The first kappa shape index (κ1) is 47.8. The van der Waals surface area contributed by atoms with Gasteiger partial charge >= 0.3 is 6.18 Å². The van der Waals surface area contributed by atoms with E-state index in [1.54, 1.807) is 37.7 Å². The van der Waals surface area contributed by atoms with E-state index in [9.17, 15) is 27.6 Å². The van der Waals surface area contributed by atoms with Gasteiger partial charge < -0.3 is 38.2 Å². The molecule has 0 atom stereocenters. The molecule has 1 spiro atoms. The second-order valence-electron chi connectivity index (χ2n) is 21.0. The molecule has 74 heavy (non-hydrogen) atoms. The van der Waals surface area contributed by atoms with Gasteiger partial charge in [-0.1, -0.05) is 42.5 Å². The Kier molecular flexibility index (Phi) is 12.0. The third-order valence-electron chi connectivity index (χ3n) is 16.4. The number of halogens is 3. The minimum atomic E-state index is -4.64. The summed E-state index contributed by atoms with van der Waals surface area (Å²) in [6, 6.07) is 27.1. The van der Waals surface area contributed by atoms with Crippen LogP contribution in [-0.4, -0.2) is 90.3 Å². The van der Waals surface area contributed by atoms with E-state index in [0.29, 0.717) is 67.9 Å². The van der Waals surface area contributed by atoms with E-state index in [4.69, 9.17) is 18.9 Å². The van der Waals surface area contributed by atoms with Crippen LogP contribution < -0.4 is 34.6 Å². The normalized spacial score (nSPS) is 19.4. The zero-order valence-corrected chi connectivity index (χ0v) is 41.3. The van der Waals surface area contributed by atoms with Crippen LogP contribution in [-0.2, 0) is 54.2 Å². The van der Waals surface area contributed by atoms with Crippen molar-refractivity contribution in [1.82, 2.24) is 19.7 Å². The Labute approximate surface area is 425 Å². The highest BCUT2D eigenvalue weighted by Crippen LogP contribution is 2.50. The topological polar surface area (TPSA) is 148 Å². The van der Waals surface area contributed by atoms with Gasteiger partial charge in [0.25, 0.3) is 17.4 Å². The molecule has 6 aliphatic rings. The van der Waals surface area contributed by atoms with E-state index in [1.807, 2.05) is 77.2 Å². The summed E-state index contributed by atoms with van der Waals surface area (Å²) < 4.78 is 70.6. The van der Waals surface area contributed by atoms with Crippen molar-refractivity contribution >= 4 is 34.6 Å². The second-order valence-corrected chi connectivity index (χ2v) is 21.0. The molecule has 1 N–H and O–H groups in total. The zero-order valence-electron chi connectivity index (χ0n) is 41.3. The number of alkyl halides is 3. The first-order chi connectivity index (χ1) is 35.8. The van der Waals surface area contributed by atoms with Crippen LogP contribution in [0.2, 0.25) is 0 Å². The summed E-state index contributed by atoms with van der Waals surface area (Å²) in [5.41, 5.74) is 3.77. The summed E-state index contributed by atoms with van der Waals surface area (Å²) in [4.78, 5) is 51.1. The highest BCUT2D eigenvalue weighted by Gasteiger charge is 2.48. The van der Waals surface area contributed by atoms with E-state index in [-0.39, 0.29) is 58.8 Å². The number of pyridine rings is 1. The molecule has 6 aromatic rings. The molecule has 1 saturated carbocycles. The predicted octanol–water partition coefficient (Wildman–Crippen LogP) is 8.38. The smallest absolute Gasteiger partial charge is 0.416 e. The van der Waals surface area contributed by atoms with Gasteiger partial charge in [0.05, 0.1) is 56.9 Å². The number of amides is 2. The Morgan fingerprint density at radius 2 is 1.50 bits per heavy atom. The molecule has 3 saturated heterocycles. The average molecular weight is 1010 g/mol. The molecular formula is C56H57F3N8O7. The summed E-state index contributed by atoms with van der Waals surface area (Å²) in [5, 5.41) is 8.28. The van der Waals surface area contributed by atoms with E-state index in [0.717, 1.165) is 79.8 Å². The number of hydrogen-bond donors (Lipinski definition) is 1. The molecule has 5 aliphatic heterocycles. The van der Waals surface area contributed by atoms with Gasteiger partial charge in [-0.25, -0.2) is 0 Å². The number of aromatic nitrogens is 4. The van der Waals surface area contributed by atoms with E-state index in [2.05, 4.69) is 20.1 Å². The van der Waals surface area contributed by atoms with Crippen LogP contribution in [0.3, 0.4) is 0 Å². The number of carbonyl (C=O) groups is 2. The van der Waals surface area contributed by atoms with Crippen molar-refractivity contribution in [3.63, 3.8) is 0 Å². The second kappa shape index (κ2) is 18.6. The highest BCUT2D eigenvalue weighted by atomic mass is 19.4. The van der Waals surface area contributed by atoms with Crippen LogP contribution in [0.15, 0.2) is 102 Å². The lowest BCUT2D eigenvalue weighted by Gasteiger charge is -2.55. The molecular weight excluding hydrogens is 954 g/mol. The molecule has 0 unspecified atom stereocenters. The maximum atomic E-state index is 14.9. The standard InChI is InChI=1S/C56H57F3N8O7/c1-63-34-60-62-48(63)26-55(32-72-33-55)36-9-6-10-37(23-36)66-27-43-42(53(66)70)24-38(25-45(43)56(57,58)59)65-30-54(31-65)19-15-39(16-20-54)74-40-17-21-64(22-18-40)46-12-11-41-44(50(46)71-2)28-67(52(41)69)47-13-14-49(61-51(47)68)73-29-35-7-4-3-5-8-35/h3-14,23-25,34,39-40H,15-22,26-33H2,1-2H3,(H,61,68). The van der Waals surface area contributed by atoms with E-state index >= 15 is 0 Å². The third-order valence-corrected chi connectivity index (χ3v) is 16.4. The number of piperidine rings is 1. The van der Waals surface area contributed by atoms with Crippen molar-refractivity contribution in [3.8, 4) is 11.6 Å². The zero-order chi connectivity index (χ0) is 50.9. The molecule has 4 aromatic carbocycles. The number of anilines is 4. The molecule has 384 valence electrons. The Morgan fingerprint density at radius 1 is 0.770 bits per heavy atom.